The maximum Gasteiger partial charge on any atom is 0.334 e. The van der Waals surface area contributed by atoms with E-state index in [1.165, 1.54) is 14.2 Å². The van der Waals surface area contributed by atoms with Gasteiger partial charge in [0, 0.05) is 11.5 Å². The molecule has 6 nitrogen and oxygen atoms in total. The summed E-state index contributed by atoms with van der Waals surface area (Å²) < 4.78 is 21.9. The summed E-state index contributed by atoms with van der Waals surface area (Å²) in [5, 5.41) is 0. The van der Waals surface area contributed by atoms with Gasteiger partial charge in [0.1, 0.15) is 6.10 Å². The van der Waals surface area contributed by atoms with E-state index in [4.69, 9.17) is 18.9 Å². The highest BCUT2D eigenvalue weighted by Crippen LogP contribution is 2.46. The first-order valence-corrected chi connectivity index (χ1v) is 8.33. The summed E-state index contributed by atoms with van der Waals surface area (Å²) in [6, 6.07) is 0. The van der Waals surface area contributed by atoms with Gasteiger partial charge < -0.3 is 18.9 Å². The Bertz CT molecular complexity index is 615. The lowest BCUT2D eigenvalue weighted by Crippen LogP contribution is -2.36. The van der Waals surface area contributed by atoms with E-state index in [0.29, 0.717) is 24.0 Å². The first kappa shape index (κ1) is 17.2. The Morgan fingerprint density at radius 1 is 1.12 bits per heavy atom. The van der Waals surface area contributed by atoms with Crippen molar-refractivity contribution in [2.24, 2.45) is 5.92 Å². The van der Waals surface area contributed by atoms with Crippen LogP contribution in [0.5, 0.6) is 0 Å². The highest BCUT2D eigenvalue weighted by Gasteiger charge is 2.49. The van der Waals surface area contributed by atoms with Crippen molar-refractivity contribution < 1.29 is 28.5 Å². The minimum atomic E-state index is -0.641. The van der Waals surface area contributed by atoms with Crippen molar-refractivity contribution in [3.05, 3.63) is 22.8 Å². The second kappa shape index (κ2) is 6.33. The molecule has 0 aromatic heterocycles. The molecule has 2 aliphatic carbocycles. The van der Waals surface area contributed by atoms with Crippen LogP contribution in [0.15, 0.2) is 22.8 Å². The lowest BCUT2D eigenvalue weighted by molar-refractivity contribution is -0.143. The summed E-state index contributed by atoms with van der Waals surface area (Å²) in [6.45, 7) is 3.79. The first-order valence-electron chi connectivity index (χ1n) is 8.33. The molecule has 0 bridgehead atoms. The van der Waals surface area contributed by atoms with Gasteiger partial charge in [-0.1, -0.05) is 6.08 Å². The average molecular weight is 336 g/mol. The number of fused-ring (bicyclic) bond motifs is 3. The van der Waals surface area contributed by atoms with Crippen LogP contribution >= 0.6 is 0 Å². The number of carbonyl (C=O) groups excluding carboxylic acids is 2. The fraction of sp³-hybridized carbons (Fsp3) is 0.667. The van der Waals surface area contributed by atoms with E-state index in [0.717, 1.165) is 18.4 Å². The fourth-order valence-electron chi connectivity index (χ4n) is 4.03. The molecule has 1 aliphatic heterocycles. The molecular weight excluding hydrogens is 312 g/mol. The molecule has 0 unspecified atom stereocenters. The van der Waals surface area contributed by atoms with Crippen molar-refractivity contribution in [2.45, 2.75) is 57.5 Å². The van der Waals surface area contributed by atoms with E-state index in [1.54, 1.807) is 0 Å². The summed E-state index contributed by atoms with van der Waals surface area (Å²) in [5.41, 5.74) is 1.85. The number of hydrogen-bond acceptors (Lipinski definition) is 6. The van der Waals surface area contributed by atoms with Crippen LogP contribution in [0, 0.1) is 5.92 Å². The molecule has 2 fully saturated rings. The van der Waals surface area contributed by atoms with Crippen molar-refractivity contribution in [3.8, 4) is 0 Å². The van der Waals surface area contributed by atoms with Gasteiger partial charge in [0.15, 0.2) is 5.79 Å². The molecule has 0 amide bonds. The van der Waals surface area contributed by atoms with E-state index >= 15 is 0 Å². The smallest absolute Gasteiger partial charge is 0.334 e. The molecule has 3 rings (SSSR count). The topological polar surface area (TPSA) is 71.1 Å². The predicted octanol–water partition coefficient (Wildman–Crippen LogP) is 2.28. The lowest BCUT2D eigenvalue weighted by Gasteiger charge is -2.33. The van der Waals surface area contributed by atoms with Crippen molar-refractivity contribution >= 4 is 11.9 Å². The van der Waals surface area contributed by atoms with Gasteiger partial charge in [0.05, 0.1) is 25.9 Å². The van der Waals surface area contributed by atoms with Gasteiger partial charge in [-0.2, -0.15) is 0 Å². The van der Waals surface area contributed by atoms with Crippen molar-refractivity contribution in [1.29, 1.82) is 0 Å². The summed E-state index contributed by atoms with van der Waals surface area (Å²) >= 11 is 0. The number of hydrogen-bond donors (Lipinski definition) is 0. The molecule has 3 aliphatic rings. The second-order valence-corrected chi connectivity index (χ2v) is 6.84. The highest BCUT2D eigenvalue weighted by molar-refractivity contribution is 6.01. The number of ether oxygens (including phenoxy) is 4. The summed E-state index contributed by atoms with van der Waals surface area (Å²) in [7, 11) is 2.67. The van der Waals surface area contributed by atoms with Gasteiger partial charge in [0.25, 0.3) is 0 Å². The van der Waals surface area contributed by atoms with E-state index in [2.05, 4.69) is 6.08 Å². The molecule has 6 heteroatoms. The molecular formula is C18H24O6. The summed E-state index contributed by atoms with van der Waals surface area (Å²) in [4.78, 5) is 24.6. The lowest BCUT2D eigenvalue weighted by atomic mass is 9.76. The third-order valence-corrected chi connectivity index (χ3v) is 4.94. The Morgan fingerprint density at radius 3 is 2.50 bits per heavy atom. The third kappa shape index (κ3) is 2.89. The molecule has 3 atom stereocenters. The normalized spacial score (nSPS) is 31.5. The van der Waals surface area contributed by atoms with Crippen LogP contribution in [-0.2, 0) is 28.5 Å². The summed E-state index contributed by atoms with van der Waals surface area (Å²) in [5.74, 6) is -1.76. The minimum absolute atomic E-state index is 0.0129. The molecule has 24 heavy (non-hydrogen) atoms. The molecule has 0 N–H and O–H groups in total. The summed E-state index contributed by atoms with van der Waals surface area (Å²) in [6.07, 6.45) is 4.49. The van der Waals surface area contributed by atoms with Crippen LogP contribution in [0.3, 0.4) is 0 Å². The van der Waals surface area contributed by atoms with E-state index in [-0.39, 0.29) is 18.1 Å². The van der Waals surface area contributed by atoms with Crippen LogP contribution in [0.4, 0.5) is 0 Å². The Hall–Kier alpha value is -1.66. The quantitative estimate of drug-likeness (QED) is 0.569. The molecule has 1 heterocycles. The van der Waals surface area contributed by atoms with Gasteiger partial charge >= 0.3 is 11.9 Å². The van der Waals surface area contributed by atoms with Crippen LogP contribution in [0.1, 0.15) is 39.5 Å². The number of methoxy groups -OCH3 is 2. The Morgan fingerprint density at radius 2 is 1.83 bits per heavy atom. The monoisotopic (exact) mass is 336 g/mol. The standard InChI is InChI=1S/C18H24O6/c1-18(2)23-13-9-8-10-11(15(13)24-18)6-5-7-12(16(19)21-3)14(10)17(20)22-4/h6,10,13,15H,5,7-9H2,1-4H3/t10-,13-,15+/m0/s1. The van der Waals surface area contributed by atoms with Gasteiger partial charge in [0.2, 0.25) is 0 Å². The number of allylic oxidation sites excluding steroid dienone is 1. The molecule has 0 radical (unpaired) electrons. The first-order chi connectivity index (χ1) is 11.4. The van der Waals surface area contributed by atoms with Crippen molar-refractivity contribution in [3.63, 3.8) is 0 Å². The Kier molecular flexibility index (Phi) is 4.53. The van der Waals surface area contributed by atoms with Crippen LogP contribution in [-0.4, -0.2) is 44.2 Å². The van der Waals surface area contributed by atoms with Gasteiger partial charge in [-0.25, -0.2) is 9.59 Å². The van der Waals surface area contributed by atoms with Crippen molar-refractivity contribution in [2.75, 3.05) is 14.2 Å². The largest absolute Gasteiger partial charge is 0.466 e. The van der Waals surface area contributed by atoms with Crippen molar-refractivity contribution in [1.82, 2.24) is 0 Å². The molecule has 1 saturated heterocycles. The van der Waals surface area contributed by atoms with E-state index in [9.17, 15) is 9.59 Å². The van der Waals surface area contributed by atoms with Crippen LogP contribution in [0.25, 0.3) is 0 Å². The zero-order valence-electron chi connectivity index (χ0n) is 14.6. The van der Waals surface area contributed by atoms with Crippen LogP contribution < -0.4 is 0 Å². The number of rotatable bonds is 2. The molecule has 0 spiro atoms. The number of carbonyl (C=O) groups is 2. The molecule has 132 valence electrons. The average Bonchev–Trinajstić information content (AvgIpc) is 2.75. The molecule has 1 saturated carbocycles. The fourth-order valence-corrected chi connectivity index (χ4v) is 4.03. The third-order valence-electron chi connectivity index (χ3n) is 4.94. The maximum absolute atomic E-state index is 12.4. The molecule has 0 aromatic rings. The minimum Gasteiger partial charge on any atom is -0.466 e. The second-order valence-electron chi connectivity index (χ2n) is 6.84. The Labute approximate surface area is 141 Å². The van der Waals surface area contributed by atoms with Gasteiger partial charge in [-0.15, -0.1) is 0 Å². The Balaban J connectivity index is 2.02. The van der Waals surface area contributed by atoms with E-state index < -0.39 is 17.7 Å². The molecule has 0 aromatic carbocycles. The predicted molar refractivity (Wildman–Crippen MR) is 84.9 cm³/mol. The van der Waals surface area contributed by atoms with Gasteiger partial charge in [-0.3, -0.25) is 0 Å². The van der Waals surface area contributed by atoms with E-state index in [1.807, 2.05) is 13.8 Å². The van der Waals surface area contributed by atoms with Gasteiger partial charge in [-0.05, 0) is 45.1 Å². The zero-order chi connectivity index (χ0) is 17.5. The zero-order valence-corrected chi connectivity index (χ0v) is 14.6. The number of esters is 2. The maximum atomic E-state index is 12.4. The van der Waals surface area contributed by atoms with Crippen LogP contribution in [0.2, 0.25) is 0 Å². The highest BCUT2D eigenvalue weighted by atomic mass is 16.8. The SMILES string of the molecule is COC(=O)C1=C(C(=O)OC)[C@H]2CC[C@@H]3OC(C)(C)O[C@@H]3C2=CCC1.